The molecule has 0 fully saturated rings. The van der Waals surface area contributed by atoms with Crippen molar-refractivity contribution in [2.24, 2.45) is 0 Å². The zero-order valence-corrected chi connectivity index (χ0v) is 12.1. The predicted molar refractivity (Wildman–Crippen MR) is 79.2 cm³/mol. The van der Waals surface area contributed by atoms with Crippen molar-refractivity contribution in [3.05, 3.63) is 54.4 Å². The summed E-state index contributed by atoms with van der Waals surface area (Å²) in [5.74, 6) is 1.36. The molecule has 0 saturated heterocycles. The lowest BCUT2D eigenvalue weighted by atomic mass is 10.2. The van der Waals surface area contributed by atoms with E-state index in [0.717, 1.165) is 22.7 Å². The molecule has 0 spiro atoms. The third-order valence-corrected chi connectivity index (χ3v) is 3.08. The van der Waals surface area contributed by atoms with Crippen LogP contribution >= 0.6 is 0 Å². The third-order valence-electron chi connectivity index (χ3n) is 3.08. The molecule has 0 amide bonds. The monoisotopic (exact) mass is 283 g/mol. The van der Waals surface area contributed by atoms with Gasteiger partial charge in [0.1, 0.15) is 12.0 Å². The highest BCUT2D eigenvalue weighted by atomic mass is 16.5. The standard InChI is InChI=1S/C16H17N3O2/c1-3-20-15-7-5-4-6-14(15)16-18-13(10-21-16)9-19-8-12(2)17-11-19/h4-8,10-11H,3,9H2,1-2H3. The normalized spacial score (nSPS) is 10.8. The molecule has 0 bridgehead atoms. The highest BCUT2D eigenvalue weighted by Gasteiger charge is 2.12. The minimum atomic E-state index is 0.575. The van der Waals surface area contributed by atoms with Gasteiger partial charge in [-0.05, 0) is 26.0 Å². The first kappa shape index (κ1) is 13.4. The van der Waals surface area contributed by atoms with Gasteiger partial charge in [-0.1, -0.05) is 12.1 Å². The summed E-state index contributed by atoms with van der Waals surface area (Å²) in [7, 11) is 0. The predicted octanol–water partition coefficient (Wildman–Crippen LogP) is 3.29. The highest BCUT2D eigenvalue weighted by molar-refractivity contribution is 5.62. The Hall–Kier alpha value is -2.56. The van der Waals surface area contributed by atoms with Crippen LogP contribution in [0.3, 0.4) is 0 Å². The van der Waals surface area contributed by atoms with E-state index in [9.17, 15) is 0 Å². The van der Waals surface area contributed by atoms with Crippen molar-refractivity contribution in [3.63, 3.8) is 0 Å². The number of aromatic nitrogens is 3. The lowest BCUT2D eigenvalue weighted by Gasteiger charge is -2.06. The number of nitrogens with zero attached hydrogens (tertiary/aromatic N) is 3. The van der Waals surface area contributed by atoms with E-state index in [4.69, 9.17) is 9.15 Å². The molecule has 0 N–H and O–H groups in total. The van der Waals surface area contributed by atoms with Crippen molar-refractivity contribution in [2.45, 2.75) is 20.4 Å². The average molecular weight is 283 g/mol. The van der Waals surface area contributed by atoms with Crippen molar-refractivity contribution in [3.8, 4) is 17.2 Å². The largest absolute Gasteiger partial charge is 0.493 e. The number of hydrogen-bond donors (Lipinski definition) is 0. The van der Waals surface area contributed by atoms with Crippen LogP contribution in [0.15, 0.2) is 47.5 Å². The number of imidazole rings is 1. The van der Waals surface area contributed by atoms with Crippen molar-refractivity contribution in [1.29, 1.82) is 0 Å². The maximum absolute atomic E-state index is 5.61. The summed E-state index contributed by atoms with van der Waals surface area (Å²) in [6.07, 6.45) is 5.44. The fourth-order valence-electron chi connectivity index (χ4n) is 2.17. The Morgan fingerprint density at radius 3 is 2.90 bits per heavy atom. The maximum atomic E-state index is 5.61. The fourth-order valence-corrected chi connectivity index (χ4v) is 2.17. The second-order valence-corrected chi connectivity index (χ2v) is 4.76. The molecule has 5 heteroatoms. The van der Waals surface area contributed by atoms with Gasteiger partial charge in [0, 0.05) is 6.20 Å². The second-order valence-electron chi connectivity index (χ2n) is 4.76. The Bertz CT molecular complexity index is 730. The zero-order chi connectivity index (χ0) is 14.7. The lowest BCUT2D eigenvalue weighted by molar-refractivity contribution is 0.340. The van der Waals surface area contributed by atoms with E-state index in [-0.39, 0.29) is 0 Å². The van der Waals surface area contributed by atoms with Crippen molar-refractivity contribution in [1.82, 2.24) is 14.5 Å². The molecule has 2 heterocycles. The number of rotatable bonds is 5. The Morgan fingerprint density at radius 2 is 2.14 bits per heavy atom. The molecule has 0 aliphatic carbocycles. The van der Waals surface area contributed by atoms with Crippen LogP contribution in [0.25, 0.3) is 11.5 Å². The number of para-hydroxylation sites is 1. The average Bonchev–Trinajstić information content (AvgIpc) is 3.10. The van der Waals surface area contributed by atoms with Gasteiger partial charge in [-0.25, -0.2) is 9.97 Å². The van der Waals surface area contributed by atoms with Crippen LogP contribution in [0, 0.1) is 6.92 Å². The molecule has 0 saturated carbocycles. The first-order valence-electron chi connectivity index (χ1n) is 6.91. The van der Waals surface area contributed by atoms with Gasteiger partial charge < -0.3 is 13.7 Å². The molecule has 108 valence electrons. The molecule has 0 unspecified atom stereocenters. The first-order chi connectivity index (χ1) is 10.3. The van der Waals surface area contributed by atoms with Crippen LogP contribution in [0.5, 0.6) is 5.75 Å². The minimum absolute atomic E-state index is 0.575. The Morgan fingerprint density at radius 1 is 1.29 bits per heavy atom. The van der Waals surface area contributed by atoms with Crippen molar-refractivity contribution < 1.29 is 9.15 Å². The molecule has 0 aliphatic heterocycles. The summed E-state index contributed by atoms with van der Waals surface area (Å²) >= 11 is 0. The van der Waals surface area contributed by atoms with E-state index in [1.165, 1.54) is 0 Å². The van der Waals surface area contributed by atoms with Gasteiger partial charge >= 0.3 is 0 Å². The van der Waals surface area contributed by atoms with Crippen LogP contribution in [-0.4, -0.2) is 21.1 Å². The van der Waals surface area contributed by atoms with Gasteiger partial charge in [0.2, 0.25) is 5.89 Å². The van der Waals surface area contributed by atoms with E-state index in [2.05, 4.69) is 9.97 Å². The van der Waals surface area contributed by atoms with E-state index >= 15 is 0 Å². The van der Waals surface area contributed by atoms with Gasteiger partial charge in [0.25, 0.3) is 0 Å². The van der Waals surface area contributed by atoms with E-state index in [1.54, 1.807) is 12.6 Å². The Kier molecular flexibility index (Phi) is 3.73. The van der Waals surface area contributed by atoms with E-state index in [0.29, 0.717) is 19.0 Å². The summed E-state index contributed by atoms with van der Waals surface area (Å²) < 4.78 is 13.2. The van der Waals surface area contributed by atoms with Crippen LogP contribution in [0.2, 0.25) is 0 Å². The van der Waals surface area contributed by atoms with Gasteiger partial charge in [0.15, 0.2) is 0 Å². The van der Waals surface area contributed by atoms with Gasteiger partial charge in [-0.2, -0.15) is 0 Å². The Balaban J connectivity index is 1.84. The minimum Gasteiger partial charge on any atom is -0.493 e. The summed E-state index contributed by atoms with van der Waals surface area (Å²) in [6, 6.07) is 7.75. The molecule has 21 heavy (non-hydrogen) atoms. The molecule has 0 atom stereocenters. The molecule has 0 aliphatic rings. The van der Waals surface area contributed by atoms with Gasteiger partial charge in [0.05, 0.1) is 36.4 Å². The molecule has 2 aromatic heterocycles. The molecule has 3 aromatic rings. The molecule has 5 nitrogen and oxygen atoms in total. The summed E-state index contributed by atoms with van der Waals surface area (Å²) in [5.41, 5.74) is 2.71. The molecule has 1 aromatic carbocycles. The maximum Gasteiger partial charge on any atom is 0.229 e. The van der Waals surface area contributed by atoms with Gasteiger partial charge in [-0.3, -0.25) is 0 Å². The first-order valence-corrected chi connectivity index (χ1v) is 6.91. The SMILES string of the molecule is CCOc1ccccc1-c1nc(Cn2cnc(C)c2)co1. The topological polar surface area (TPSA) is 53.1 Å². The number of hydrogen-bond acceptors (Lipinski definition) is 4. The van der Waals surface area contributed by atoms with Crippen LogP contribution in [0.1, 0.15) is 18.3 Å². The molecular weight excluding hydrogens is 266 g/mol. The molecule has 0 radical (unpaired) electrons. The quantitative estimate of drug-likeness (QED) is 0.721. The third kappa shape index (κ3) is 2.97. The van der Waals surface area contributed by atoms with E-state index in [1.807, 2.05) is 48.9 Å². The van der Waals surface area contributed by atoms with Crippen LogP contribution in [-0.2, 0) is 6.54 Å². The number of oxazole rings is 1. The van der Waals surface area contributed by atoms with Gasteiger partial charge in [-0.15, -0.1) is 0 Å². The van der Waals surface area contributed by atoms with Crippen LogP contribution < -0.4 is 4.74 Å². The molecular formula is C16H17N3O2. The lowest BCUT2D eigenvalue weighted by Crippen LogP contribution is -1.97. The van der Waals surface area contributed by atoms with Crippen molar-refractivity contribution >= 4 is 0 Å². The number of ether oxygens (including phenoxy) is 1. The fraction of sp³-hybridized carbons (Fsp3) is 0.250. The summed E-state index contributed by atoms with van der Waals surface area (Å²) in [4.78, 5) is 8.73. The molecule has 3 rings (SSSR count). The number of benzene rings is 1. The Labute approximate surface area is 123 Å². The highest BCUT2D eigenvalue weighted by Crippen LogP contribution is 2.29. The van der Waals surface area contributed by atoms with Crippen molar-refractivity contribution in [2.75, 3.05) is 6.61 Å². The summed E-state index contributed by atoms with van der Waals surface area (Å²) in [6.45, 7) is 5.17. The zero-order valence-electron chi connectivity index (χ0n) is 12.1. The smallest absolute Gasteiger partial charge is 0.229 e. The second kappa shape index (κ2) is 5.83. The summed E-state index contributed by atoms with van der Waals surface area (Å²) in [5, 5.41) is 0. The van der Waals surface area contributed by atoms with E-state index < -0.39 is 0 Å². The number of aryl methyl sites for hydroxylation is 1. The van der Waals surface area contributed by atoms with Crippen LogP contribution in [0.4, 0.5) is 0 Å².